The summed E-state index contributed by atoms with van der Waals surface area (Å²) >= 11 is 3.38. The maximum absolute atomic E-state index is 11.8. The summed E-state index contributed by atoms with van der Waals surface area (Å²) in [6, 6.07) is 6.19. The van der Waals surface area contributed by atoms with Gasteiger partial charge in [0.25, 0.3) is 0 Å². The Hall–Kier alpha value is -1.56. The van der Waals surface area contributed by atoms with Crippen molar-refractivity contribution < 1.29 is 14.7 Å². The van der Waals surface area contributed by atoms with E-state index in [2.05, 4.69) is 21.2 Å². The van der Waals surface area contributed by atoms with E-state index in [9.17, 15) is 14.7 Å². The van der Waals surface area contributed by atoms with Crippen molar-refractivity contribution >= 4 is 27.9 Å². The number of carboxylic acid groups (broad SMARTS) is 1. The van der Waals surface area contributed by atoms with Gasteiger partial charge in [0, 0.05) is 24.0 Å². The topological polar surface area (TPSA) is 69.6 Å². The van der Waals surface area contributed by atoms with E-state index in [1.54, 1.807) is 4.90 Å². The van der Waals surface area contributed by atoms with Crippen molar-refractivity contribution in [2.24, 2.45) is 0 Å². The maximum Gasteiger partial charge on any atom is 0.326 e. The molecule has 0 aliphatic carbocycles. The first-order chi connectivity index (χ1) is 9.08. The predicted molar refractivity (Wildman–Crippen MR) is 74.0 cm³/mol. The van der Waals surface area contributed by atoms with E-state index in [1.807, 2.05) is 24.3 Å². The summed E-state index contributed by atoms with van der Waals surface area (Å²) in [4.78, 5) is 24.6. The lowest BCUT2D eigenvalue weighted by Gasteiger charge is -2.32. The maximum atomic E-state index is 11.8. The fraction of sp³-hybridized carbons (Fsp3) is 0.385. The second kappa shape index (κ2) is 6.06. The van der Waals surface area contributed by atoms with Crippen LogP contribution in [-0.4, -0.2) is 41.1 Å². The van der Waals surface area contributed by atoms with Crippen LogP contribution in [0.2, 0.25) is 0 Å². The number of likely N-dealkylation sites (tertiary alicyclic amines) is 1. The highest BCUT2D eigenvalue weighted by molar-refractivity contribution is 9.10. The Morgan fingerprint density at radius 3 is 2.58 bits per heavy atom. The molecule has 0 aromatic heterocycles. The van der Waals surface area contributed by atoms with Gasteiger partial charge in [-0.05, 0) is 18.1 Å². The summed E-state index contributed by atoms with van der Waals surface area (Å²) in [6.45, 7) is 1.40. The van der Waals surface area contributed by atoms with E-state index in [0.717, 1.165) is 16.5 Å². The van der Waals surface area contributed by atoms with Gasteiger partial charge < -0.3 is 15.3 Å². The summed E-state index contributed by atoms with van der Waals surface area (Å²) < 4.78 is 0.847. The molecule has 1 aliphatic heterocycles. The number of carbonyl (C=O) groups is 2. The van der Waals surface area contributed by atoms with Gasteiger partial charge in [-0.2, -0.15) is 0 Å². The van der Waals surface area contributed by atoms with E-state index >= 15 is 0 Å². The minimum atomic E-state index is -1.02. The van der Waals surface area contributed by atoms with Gasteiger partial charge in [0.2, 0.25) is 0 Å². The Bertz CT molecular complexity index is 489. The second-order valence-corrected chi connectivity index (χ2v) is 5.33. The van der Waals surface area contributed by atoms with Crippen LogP contribution in [0.1, 0.15) is 12.0 Å². The molecule has 1 fully saturated rings. The zero-order valence-corrected chi connectivity index (χ0v) is 11.9. The van der Waals surface area contributed by atoms with Crippen LogP contribution in [-0.2, 0) is 11.2 Å². The number of aliphatic carboxylic acids is 1. The monoisotopic (exact) mass is 326 g/mol. The van der Waals surface area contributed by atoms with Crippen LogP contribution < -0.4 is 5.32 Å². The molecule has 1 aromatic rings. The molecule has 102 valence electrons. The SMILES string of the molecule is O=C(O)C(Cc1ccccc1Br)NC(=O)N1CCC1. The normalized spacial score (nSPS) is 15.5. The van der Waals surface area contributed by atoms with E-state index in [0.29, 0.717) is 13.1 Å². The third-order valence-electron chi connectivity index (χ3n) is 3.12. The first kappa shape index (κ1) is 13.9. The molecule has 2 rings (SSSR count). The lowest BCUT2D eigenvalue weighted by molar-refractivity contribution is -0.139. The van der Waals surface area contributed by atoms with Crippen molar-refractivity contribution in [3.63, 3.8) is 0 Å². The van der Waals surface area contributed by atoms with Crippen LogP contribution in [0.25, 0.3) is 0 Å². The van der Waals surface area contributed by atoms with E-state index < -0.39 is 12.0 Å². The lowest BCUT2D eigenvalue weighted by atomic mass is 10.1. The first-order valence-corrected chi connectivity index (χ1v) is 6.89. The molecule has 19 heavy (non-hydrogen) atoms. The van der Waals surface area contributed by atoms with Crippen molar-refractivity contribution in [1.29, 1.82) is 0 Å². The van der Waals surface area contributed by atoms with E-state index in [1.165, 1.54) is 0 Å². The summed E-state index contributed by atoms with van der Waals surface area (Å²) in [6.07, 6.45) is 1.24. The fourth-order valence-corrected chi connectivity index (χ4v) is 2.29. The molecule has 5 nitrogen and oxygen atoms in total. The zero-order chi connectivity index (χ0) is 13.8. The Morgan fingerprint density at radius 2 is 2.05 bits per heavy atom. The standard InChI is InChI=1S/C13H15BrN2O3/c14-10-5-2-1-4-9(10)8-11(12(17)18)15-13(19)16-6-3-7-16/h1-2,4-5,11H,3,6-8H2,(H,15,19)(H,17,18). The van der Waals surface area contributed by atoms with Crippen molar-refractivity contribution in [2.45, 2.75) is 18.9 Å². The molecule has 0 bridgehead atoms. The number of hydrogen-bond acceptors (Lipinski definition) is 2. The van der Waals surface area contributed by atoms with Gasteiger partial charge >= 0.3 is 12.0 Å². The van der Waals surface area contributed by atoms with Crippen molar-refractivity contribution in [3.8, 4) is 0 Å². The molecule has 1 saturated heterocycles. The van der Waals surface area contributed by atoms with Crippen molar-refractivity contribution in [1.82, 2.24) is 10.2 Å². The van der Waals surface area contributed by atoms with Crippen LogP contribution in [0, 0.1) is 0 Å². The molecular weight excluding hydrogens is 312 g/mol. The summed E-state index contributed by atoms with van der Waals surface area (Å²) in [5, 5.41) is 11.8. The number of carboxylic acids is 1. The van der Waals surface area contributed by atoms with Gasteiger partial charge in [-0.25, -0.2) is 9.59 Å². The minimum absolute atomic E-state index is 0.260. The minimum Gasteiger partial charge on any atom is -0.480 e. The number of nitrogens with one attached hydrogen (secondary N) is 1. The van der Waals surface area contributed by atoms with Gasteiger partial charge in [0.05, 0.1) is 0 Å². The molecule has 0 radical (unpaired) electrons. The Morgan fingerprint density at radius 1 is 1.37 bits per heavy atom. The van der Waals surface area contributed by atoms with Gasteiger partial charge in [-0.3, -0.25) is 0 Å². The van der Waals surface area contributed by atoms with Crippen LogP contribution >= 0.6 is 15.9 Å². The molecule has 2 amide bonds. The van der Waals surface area contributed by atoms with E-state index in [4.69, 9.17) is 0 Å². The number of hydrogen-bond donors (Lipinski definition) is 2. The van der Waals surface area contributed by atoms with Crippen molar-refractivity contribution in [3.05, 3.63) is 34.3 Å². The molecule has 1 aliphatic rings. The first-order valence-electron chi connectivity index (χ1n) is 6.09. The smallest absolute Gasteiger partial charge is 0.326 e. The molecular formula is C13H15BrN2O3. The predicted octanol–water partition coefficient (Wildman–Crippen LogP) is 1.86. The number of urea groups is 1. The largest absolute Gasteiger partial charge is 0.480 e. The Balaban J connectivity index is 2.02. The lowest BCUT2D eigenvalue weighted by Crippen LogP contribution is -2.53. The number of benzene rings is 1. The van der Waals surface area contributed by atoms with Gasteiger partial charge in [-0.1, -0.05) is 34.1 Å². The molecule has 2 N–H and O–H groups in total. The van der Waals surface area contributed by atoms with Gasteiger partial charge in [0.15, 0.2) is 0 Å². The number of halogens is 1. The Kier molecular flexibility index (Phi) is 4.42. The van der Waals surface area contributed by atoms with Crippen molar-refractivity contribution in [2.75, 3.05) is 13.1 Å². The average Bonchev–Trinajstić information content (AvgIpc) is 2.28. The third-order valence-corrected chi connectivity index (χ3v) is 3.89. The number of carbonyl (C=O) groups excluding carboxylic acids is 1. The summed E-state index contributed by atoms with van der Waals surface area (Å²) in [5.74, 6) is -1.02. The fourth-order valence-electron chi connectivity index (χ4n) is 1.84. The van der Waals surface area contributed by atoms with Gasteiger partial charge in [-0.15, -0.1) is 0 Å². The van der Waals surface area contributed by atoms with Crippen LogP contribution in [0.5, 0.6) is 0 Å². The number of nitrogens with zero attached hydrogens (tertiary/aromatic N) is 1. The van der Waals surface area contributed by atoms with Crippen LogP contribution in [0.3, 0.4) is 0 Å². The Labute approximate surface area is 119 Å². The van der Waals surface area contributed by atoms with Crippen LogP contribution in [0.15, 0.2) is 28.7 Å². The van der Waals surface area contributed by atoms with Crippen LogP contribution in [0.4, 0.5) is 4.79 Å². The highest BCUT2D eigenvalue weighted by Gasteiger charge is 2.26. The highest BCUT2D eigenvalue weighted by atomic mass is 79.9. The number of rotatable bonds is 4. The van der Waals surface area contributed by atoms with E-state index in [-0.39, 0.29) is 12.5 Å². The second-order valence-electron chi connectivity index (χ2n) is 4.48. The van der Waals surface area contributed by atoms with Gasteiger partial charge in [0.1, 0.15) is 6.04 Å². The summed E-state index contributed by atoms with van der Waals surface area (Å²) in [5.41, 5.74) is 0.860. The third kappa shape index (κ3) is 3.47. The molecule has 1 unspecified atom stereocenters. The summed E-state index contributed by atoms with van der Waals surface area (Å²) in [7, 11) is 0. The number of amides is 2. The molecule has 1 aromatic carbocycles. The molecule has 0 saturated carbocycles. The quantitative estimate of drug-likeness (QED) is 0.887. The zero-order valence-electron chi connectivity index (χ0n) is 10.3. The molecule has 0 spiro atoms. The molecule has 1 heterocycles. The highest BCUT2D eigenvalue weighted by Crippen LogP contribution is 2.18. The molecule has 1 atom stereocenters. The average molecular weight is 327 g/mol. The molecule has 6 heteroatoms.